The molecule has 2 aromatic carbocycles. The van der Waals surface area contributed by atoms with Crippen LogP contribution in [0.1, 0.15) is 30.4 Å². The van der Waals surface area contributed by atoms with Crippen molar-refractivity contribution in [2.75, 3.05) is 25.0 Å². The Morgan fingerprint density at radius 1 is 1.10 bits per heavy atom. The third kappa shape index (κ3) is 8.54. The van der Waals surface area contributed by atoms with Crippen molar-refractivity contribution in [2.45, 2.75) is 43.8 Å². The molecule has 2 aromatic rings. The van der Waals surface area contributed by atoms with Gasteiger partial charge in [-0.2, -0.15) is 13.2 Å². The second-order valence-electron chi connectivity index (χ2n) is 8.91. The summed E-state index contributed by atoms with van der Waals surface area (Å²) in [5, 5.41) is 0. The zero-order valence-corrected chi connectivity index (χ0v) is 23.6. The Balaban J connectivity index is 1.80. The first-order valence-electron chi connectivity index (χ1n) is 12.1. The Kier molecular flexibility index (Phi) is 10.6. The second-order valence-corrected chi connectivity index (χ2v) is 12.4. The summed E-state index contributed by atoms with van der Waals surface area (Å²) in [6.45, 7) is 0.0291. The number of benzene rings is 2. The van der Waals surface area contributed by atoms with Crippen molar-refractivity contribution < 1.29 is 35.9 Å². The normalized spacial score (nSPS) is 16.5. The van der Waals surface area contributed by atoms with Gasteiger partial charge in [0.05, 0.1) is 11.8 Å². The SMILES string of the molecule is CN(Br)S(=O)(=O)Cc1ccccc1N(C/C=C/C1CCCCN1C(=O)OCc1ccccc1)C(=O)C(F)(F)F. The largest absolute Gasteiger partial charge is 0.471 e. The lowest BCUT2D eigenvalue weighted by Gasteiger charge is -2.33. The Hall–Kier alpha value is -2.90. The number of amides is 2. The molecule has 1 saturated heterocycles. The van der Waals surface area contributed by atoms with Crippen molar-refractivity contribution in [1.82, 2.24) is 8.23 Å². The smallest absolute Gasteiger partial charge is 0.445 e. The Bertz CT molecular complexity index is 1270. The number of nitrogens with zero attached hydrogens (tertiary/aromatic N) is 3. The van der Waals surface area contributed by atoms with Crippen LogP contribution in [0.3, 0.4) is 0 Å². The van der Waals surface area contributed by atoms with Crippen LogP contribution in [-0.2, 0) is 31.9 Å². The number of halogens is 4. The topological polar surface area (TPSA) is 87.2 Å². The maximum atomic E-state index is 13.5. The van der Waals surface area contributed by atoms with Crippen molar-refractivity contribution >= 4 is 43.9 Å². The highest BCUT2D eigenvalue weighted by atomic mass is 79.9. The van der Waals surface area contributed by atoms with Crippen molar-refractivity contribution in [3.8, 4) is 0 Å². The molecule has 0 saturated carbocycles. The van der Waals surface area contributed by atoms with E-state index in [1.165, 1.54) is 42.3 Å². The number of hydrogen-bond acceptors (Lipinski definition) is 5. The average Bonchev–Trinajstić information content (AvgIpc) is 2.90. The van der Waals surface area contributed by atoms with Gasteiger partial charge in [-0.3, -0.25) is 4.79 Å². The van der Waals surface area contributed by atoms with Crippen LogP contribution >= 0.6 is 16.1 Å². The number of rotatable bonds is 9. The average molecular weight is 632 g/mol. The molecule has 1 heterocycles. The number of carbonyl (C=O) groups excluding carboxylic acids is 2. The van der Waals surface area contributed by atoms with Gasteiger partial charge in [-0.1, -0.05) is 60.7 Å². The summed E-state index contributed by atoms with van der Waals surface area (Å²) in [7, 11) is -2.66. The van der Waals surface area contributed by atoms with E-state index in [0.717, 1.165) is 21.7 Å². The third-order valence-corrected chi connectivity index (χ3v) is 8.89. The van der Waals surface area contributed by atoms with Gasteiger partial charge in [-0.05, 0) is 36.5 Å². The first-order valence-corrected chi connectivity index (χ1v) is 14.4. The fourth-order valence-corrected chi connectivity index (χ4v) is 5.26. The van der Waals surface area contributed by atoms with Gasteiger partial charge in [-0.25, -0.2) is 13.2 Å². The van der Waals surface area contributed by atoms with Crippen LogP contribution in [-0.4, -0.2) is 61.0 Å². The van der Waals surface area contributed by atoms with E-state index in [0.29, 0.717) is 17.9 Å². The molecular weight excluding hydrogens is 603 g/mol. The summed E-state index contributed by atoms with van der Waals surface area (Å²) in [6.07, 6.45) is -0.604. The first-order chi connectivity index (χ1) is 18.4. The molecule has 0 N–H and O–H groups in total. The van der Waals surface area contributed by atoms with E-state index in [1.54, 1.807) is 6.08 Å². The van der Waals surface area contributed by atoms with E-state index < -0.39 is 46.5 Å². The molecule has 8 nitrogen and oxygen atoms in total. The molecule has 1 unspecified atom stereocenters. The Labute approximate surface area is 234 Å². The van der Waals surface area contributed by atoms with E-state index in [4.69, 9.17) is 4.74 Å². The molecule has 0 radical (unpaired) electrons. The van der Waals surface area contributed by atoms with Crippen LogP contribution in [0.5, 0.6) is 0 Å². The Morgan fingerprint density at radius 3 is 2.44 bits per heavy atom. The molecule has 1 aliphatic rings. The number of hydrogen-bond donors (Lipinski definition) is 0. The minimum absolute atomic E-state index is 0.0265. The van der Waals surface area contributed by atoms with Crippen LogP contribution in [0.4, 0.5) is 23.7 Å². The van der Waals surface area contributed by atoms with E-state index in [2.05, 4.69) is 16.1 Å². The van der Waals surface area contributed by atoms with Gasteiger partial charge in [0.15, 0.2) is 0 Å². The summed E-state index contributed by atoms with van der Waals surface area (Å²) < 4.78 is 71.6. The molecule has 0 spiro atoms. The van der Waals surface area contributed by atoms with Gasteiger partial charge in [0, 0.05) is 42.0 Å². The highest BCUT2D eigenvalue weighted by Gasteiger charge is 2.43. The number of para-hydroxylation sites is 1. The van der Waals surface area contributed by atoms with Gasteiger partial charge >= 0.3 is 18.2 Å². The lowest BCUT2D eigenvalue weighted by molar-refractivity contribution is -0.170. The number of sulfonamides is 1. The van der Waals surface area contributed by atoms with Crippen LogP contribution in [0.25, 0.3) is 0 Å². The highest BCUT2D eigenvalue weighted by Crippen LogP contribution is 2.29. The molecule has 0 bridgehead atoms. The summed E-state index contributed by atoms with van der Waals surface area (Å²) in [4.78, 5) is 27.2. The zero-order valence-electron chi connectivity index (χ0n) is 21.2. The zero-order chi connectivity index (χ0) is 28.6. The van der Waals surface area contributed by atoms with E-state index in [1.807, 2.05) is 30.3 Å². The molecule has 2 amide bonds. The van der Waals surface area contributed by atoms with Crippen LogP contribution < -0.4 is 4.90 Å². The molecule has 212 valence electrons. The molecular formula is C26H29BrF3N3O5S. The molecule has 1 aliphatic heterocycles. The number of likely N-dealkylation sites (tertiary alicyclic amines) is 1. The maximum absolute atomic E-state index is 13.5. The van der Waals surface area contributed by atoms with Gasteiger partial charge in [0.2, 0.25) is 10.0 Å². The maximum Gasteiger partial charge on any atom is 0.471 e. The summed E-state index contributed by atoms with van der Waals surface area (Å²) >= 11 is 2.83. The molecule has 13 heteroatoms. The summed E-state index contributed by atoms with van der Waals surface area (Å²) in [5.41, 5.74) is 0.673. The number of ether oxygens (including phenoxy) is 1. The van der Waals surface area contributed by atoms with Crippen LogP contribution in [0, 0.1) is 0 Å². The molecule has 3 rings (SSSR count). The molecule has 39 heavy (non-hydrogen) atoms. The summed E-state index contributed by atoms with van der Waals surface area (Å²) in [5.74, 6) is -2.76. The minimum atomic E-state index is -5.19. The van der Waals surface area contributed by atoms with Crippen LogP contribution in [0.2, 0.25) is 0 Å². The lowest BCUT2D eigenvalue weighted by Crippen LogP contribution is -2.44. The number of anilines is 1. The van der Waals surface area contributed by atoms with E-state index in [9.17, 15) is 31.2 Å². The molecule has 1 atom stereocenters. The monoisotopic (exact) mass is 631 g/mol. The third-order valence-electron chi connectivity index (χ3n) is 6.13. The van der Waals surface area contributed by atoms with Crippen molar-refractivity contribution in [3.63, 3.8) is 0 Å². The summed E-state index contributed by atoms with van der Waals surface area (Å²) in [6, 6.07) is 14.3. The van der Waals surface area contributed by atoms with E-state index >= 15 is 0 Å². The lowest BCUT2D eigenvalue weighted by atomic mass is 10.0. The van der Waals surface area contributed by atoms with Gasteiger partial charge in [0.25, 0.3) is 0 Å². The molecule has 0 aliphatic carbocycles. The van der Waals surface area contributed by atoms with Crippen molar-refractivity contribution in [1.29, 1.82) is 0 Å². The molecule has 1 fully saturated rings. The van der Waals surface area contributed by atoms with Gasteiger partial charge in [-0.15, -0.1) is 3.33 Å². The fraction of sp³-hybridized carbons (Fsp3) is 0.385. The number of carbonyl (C=O) groups is 2. The number of piperidine rings is 1. The van der Waals surface area contributed by atoms with Gasteiger partial charge in [0.1, 0.15) is 6.61 Å². The van der Waals surface area contributed by atoms with Crippen molar-refractivity contribution in [2.24, 2.45) is 0 Å². The molecule has 0 aromatic heterocycles. The second kappa shape index (κ2) is 13.4. The predicted molar refractivity (Wildman–Crippen MR) is 144 cm³/mol. The first kappa shape index (κ1) is 30.6. The quantitative estimate of drug-likeness (QED) is 0.273. The fourth-order valence-electron chi connectivity index (χ4n) is 4.13. The standard InChI is InChI=1S/C26H29BrF3N3O5S/c1-31(27)39(36,37)19-21-12-5-6-15-23(21)33(24(34)26(28,29)30)17-9-14-22-13-7-8-16-32(22)25(35)38-18-20-10-3-2-4-11-20/h2-6,9-12,14-15,22H,7-8,13,16-19H2,1H3/b14-9+. The van der Waals surface area contributed by atoms with Crippen LogP contribution in [0.15, 0.2) is 66.7 Å². The Morgan fingerprint density at radius 2 is 1.77 bits per heavy atom. The minimum Gasteiger partial charge on any atom is -0.445 e. The predicted octanol–water partition coefficient (Wildman–Crippen LogP) is 5.40. The van der Waals surface area contributed by atoms with E-state index in [-0.39, 0.29) is 17.9 Å². The van der Waals surface area contributed by atoms with Gasteiger partial charge < -0.3 is 14.5 Å². The van der Waals surface area contributed by atoms with Crippen molar-refractivity contribution in [3.05, 3.63) is 77.9 Å². The highest BCUT2D eigenvalue weighted by molar-refractivity contribution is 9.08. The number of alkyl halides is 3.